The van der Waals surface area contributed by atoms with Crippen LogP contribution in [0.1, 0.15) is 109 Å². The molecule has 2 saturated heterocycles. The molecular formula is C60H84Br2ClN9O15. The number of likely N-dealkylation sites (N-methyl/N-ethyl adjacent to an activating group) is 1. The zero-order valence-electron chi connectivity index (χ0n) is 50.9. The van der Waals surface area contributed by atoms with Gasteiger partial charge in [0.1, 0.15) is 52.8 Å². The third-order valence-corrected chi connectivity index (χ3v) is 17.8. The number of fused-ring (bicyclic) bond motifs is 5. The largest absolute Gasteiger partial charge is 0.495 e. The maximum atomic E-state index is 14.5. The molecule has 3 aliphatic rings. The van der Waals surface area contributed by atoms with Gasteiger partial charge in [0, 0.05) is 75.0 Å². The third-order valence-electron chi connectivity index (χ3n) is 15.8. The number of nitrogens with zero attached hydrogens (tertiary/aromatic N) is 2. The summed E-state index contributed by atoms with van der Waals surface area (Å²) in [7, 11) is 5.78. The topological polar surface area (TPSA) is 328 Å². The number of allylic oxidation sites excluding steroid dienone is 3. The minimum Gasteiger partial charge on any atom is -0.495 e. The van der Waals surface area contributed by atoms with E-state index in [2.05, 4.69) is 63.8 Å². The van der Waals surface area contributed by atoms with Crippen LogP contribution in [0.2, 0.25) is 5.02 Å². The number of esters is 1. The Morgan fingerprint density at radius 2 is 1.63 bits per heavy atom. The Morgan fingerprint density at radius 1 is 0.954 bits per heavy atom. The predicted octanol–water partition coefficient (Wildman–Crippen LogP) is 5.92. The molecule has 480 valence electrons. The molecule has 87 heavy (non-hydrogen) atoms. The number of primary amides is 1. The minimum absolute atomic E-state index is 0.0612. The summed E-state index contributed by atoms with van der Waals surface area (Å²) in [6.07, 6.45) is 2.34. The van der Waals surface area contributed by atoms with Gasteiger partial charge in [-0.1, -0.05) is 94.5 Å². The quantitative estimate of drug-likeness (QED) is 0.0247. The molecule has 2 fully saturated rings. The van der Waals surface area contributed by atoms with Crippen LogP contribution >= 0.6 is 43.5 Å². The summed E-state index contributed by atoms with van der Waals surface area (Å²) >= 11 is 13.5. The Labute approximate surface area is 530 Å². The first-order chi connectivity index (χ1) is 41.1. The number of nitrogens with one attached hydrogen (secondary N) is 6. The molecule has 0 radical (unpaired) electrons. The number of alkyl carbamates (subject to hydrolysis) is 1. The average molecular weight is 1370 g/mol. The first-order valence-electron chi connectivity index (χ1n) is 28.9. The highest BCUT2D eigenvalue weighted by Gasteiger charge is 2.64. The van der Waals surface area contributed by atoms with E-state index in [4.69, 9.17) is 41.0 Å². The maximum Gasteiger partial charge on any atom is 0.409 e. The number of ether oxygens (including phenoxy) is 5. The number of aliphatic hydroxyl groups is 1. The molecule has 24 nitrogen and oxygen atoms in total. The van der Waals surface area contributed by atoms with Crippen LogP contribution in [-0.2, 0) is 54.1 Å². The van der Waals surface area contributed by atoms with Crippen LogP contribution in [0.5, 0.6) is 5.75 Å². The number of amides is 9. The molecule has 2 aromatic carbocycles. The minimum atomic E-state index is -1.91. The van der Waals surface area contributed by atoms with E-state index in [1.54, 1.807) is 52.0 Å². The number of hydrogen-bond acceptors (Lipinski definition) is 15. The van der Waals surface area contributed by atoms with Crippen LogP contribution in [0.25, 0.3) is 0 Å². The molecule has 3 aliphatic heterocycles. The fraction of sp³-hybridized carbons (Fsp3) is 0.583. The van der Waals surface area contributed by atoms with Gasteiger partial charge in [-0.05, 0) is 101 Å². The molecule has 0 spiro atoms. The maximum absolute atomic E-state index is 14.5. The molecule has 0 aromatic heterocycles. The number of rotatable bonds is 25. The normalized spacial score (nSPS) is 24.1. The second-order valence-electron chi connectivity index (χ2n) is 22.8. The number of urea groups is 1. The number of hydrogen-bond donors (Lipinski definition) is 8. The first kappa shape index (κ1) is 71.4. The van der Waals surface area contributed by atoms with E-state index in [1.165, 1.54) is 64.4 Å². The fourth-order valence-corrected chi connectivity index (χ4v) is 12.2. The van der Waals surface area contributed by atoms with E-state index in [9.17, 15) is 48.3 Å². The van der Waals surface area contributed by atoms with Gasteiger partial charge in [-0.15, -0.1) is 0 Å². The van der Waals surface area contributed by atoms with Crippen LogP contribution in [0, 0.1) is 17.8 Å². The summed E-state index contributed by atoms with van der Waals surface area (Å²) in [6, 6.07) is 5.13. The number of halogens is 3. The summed E-state index contributed by atoms with van der Waals surface area (Å²) in [5.41, 5.74) is 4.28. The second kappa shape index (κ2) is 32.8. The van der Waals surface area contributed by atoms with Gasteiger partial charge < -0.3 is 70.9 Å². The van der Waals surface area contributed by atoms with Gasteiger partial charge in [-0.2, -0.15) is 0 Å². The van der Waals surface area contributed by atoms with E-state index in [-0.39, 0.29) is 72.2 Å². The molecule has 0 aliphatic carbocycles. The smallest absolute Gasteiger partial charge is 0.409 e. The molecular weight excluding hydrogens is 1280 g/mol. The van der Waals surface area contributed by atoms with E-state index in [0.29, 0.717) is 54.3 Å². The highest BCUT2D eigenvalue weighted by Crippen LogP contribution is 2.49. The molecule has 9 N–H and O–H groups in total. The Kier molecular flexibility index (Phi) is 26.9. The number of epoxide rings is 1. The van der Waals surface area contributed by atoms with Crippen LogP contribution in [-0.4, -0.2) is 169 Å². The highest BCUT2D eigenvalue weighted by molar-refractivity contribution is 9.09. The van der Waals surface area contributed by atoms with Gasteiger partial charge >= 0.3 is 18.1 Å². The van der Waals surface area contributed by atoms with Crippen molar-refractivity contribution in [1.29, 1.82) is 0 Å². The van der Waals surface area contributed by atoms with Gasteiger partial charge in [-0.3, -0.25) is 34.1 Å². The number of carbonyl (C=O) groups is 9. The third kappa shape index (κ3) is 19.6. The number of methoxy groups -OCH3 is 2. The Bertz CT molecular complexity index is 2860. The zero-order chi connectivity index (χ0) is 64.5. The summed E-state index contributed by atoms with van der Waals surface area (Å²) in [5, 5.41) is 29.3. The van der Waals surface area contributed by atoms with Crippen molar-refractivity contribution in [2.24, 2.45) is 23.5 Å². The van der Waals surface area contributed by atoms with Crippen molar-refractivity contribution in [2.75, 3.05) is 62.3 Å². The average Bonchev–Trinajstić information content (AvgIpc) is 1.59. The van der Waals surface area contributed by atoms with Gasteiger partial charge in [0.25, 0.3) is 5.91 Å². The lowest BCUT2D eigenvalue weighted by atomic mass is 9.83. The van der Waals surface area contributed by atoms with Crippen molar-refractivity contribution in [2.45, 2.75) is 153 Å². The van der Waals surface area contributed by atoms with Crippen LogP contribution in [0.15, 0.2) is 60.2 Å². The lowest BCUT2D eigenvalue weighted by molar-refractivity contribution is -0.158. The molecule has 3 heterocycles. The van der Waals surface area contributed by atoms with Crippen LogP contribution < -0.4 is 47.3 Å². The van der Waals surface area contributed by atoms with Crippen molar-refractivity contribution >= 4 is 108 Å². The summed E-state index contributed by atoms with van der Waals surface area (Å²) in [6.45, 7) is 10.8. The van der Waals surface area contributed by atoms with Crippen molar-refractivity contribution in [1.82, 2.24) is 31.5 Å². The number of alkyl halides is 2. The number of anilines is 2. The fourth-order valence-electron chi connectivity index (χ4n) is 10.3. The number of nitrogens with two attached hydrogens (primary N) is 1. The monoisotopic (exact) mass is 1360 g/mol. The van der Waals surface area contributed by atoms with Crippen LogP contribution in [0.3, 0.4) is 0 Å². The Morgan fingerprint density at radius 3 is 2.26 bits per heavy atom. The van der Waals surface area contributed by atoms with Gasteiger partial charge in [0.2, 0.25) is 29.5 Å². The van der Waals surface area contributed by atoms with Gasteiger partial charge in [-0.25, -0.2) is 14.4 Å². The first-order valence-corrected chi connectivity index (χ1v) is 31.5. The Balaban J connectivity index is 1.30. The van der Waals surface area contributed by atoms with Crippen molar-refractivity contribution in [3.8, 4) is 5.75 Å². The number of benzene rings is 2. The molecule has 5 rings (SSSR count). The van der Waals surface area contributed by atoms with E-state index >= 15 is 0 Å². The SMILES string of the molecule is COc1cc2cc(c1Cl)N(C)C(=O)C[C@H](OC(=O)[C@H](C)N(C)C(=O)c1ccc(NC(=O)[C@H](CCCNC(N)=O)NC(=O)[C@@H](NC(=O)CCCCCNC(=O)C(CBr)CBr)C(C)C)cc1)[C@]1(C)O[C@H]1[C@H](C)[C@@H]1C[C@@](O)(NC(=O)O1)[C@H](OC)/C=C/C=C(\C)C2. The summed E-state index contributed by atoms with van der Waals surface area (Å²) in [4.78, 5) is 123. The molecule has 2 aromatic rings. The highest BCUT2D eigenvalue weighted by atomic mass is 79.9. The van der Waals surface area contributed by atoms with Gasteiger partial charge in [0.05, 0.1) is 31.2 Å². The standard InChI is InChI=1S/C60H84Br2ClN9O15/c1-33(2)50(69-47(73)19-12-11-13-24-65-52(75)39(31-61)32-62)54(77)68-41(17-15-25-66-57(64)80)53(76)67-40-22-20-38(21-23-40)55(78)71(7)36(5)56(79)86-46-29-48(74)72(8)42-27-37(28-43(83-9)49(42)63)26-34(3)16-14-18-45(84-10)60(82)30-44(85-58(81)70-60)35(4)51-59(46,6)87-51/h14,16,18,20-23,27-28,33,35-36,39,41,44-46,50-51,82H,11-13,15,17,19,24-26,29-32H2,1-10H3,(H,65,75)(H,67,76)(H,68,77)(H,69,73)(H,70,81)(H3,64,66,80)/b18-14+,34-16+/t35-,36+,41+,44+,45-,46+,50+,51+,59+,60+/m1/s1. The van der Waals surface area contributed by atoms with E-state index in [0.717, 1.165) is 16.0 Å². The molecule has 27 heteroatoms. The Hall–Kier alpha value is -6.32. The van der Waals surface area contributed by atoms with E-state index in [1.807, 2.05) is 13.0 Å². The van der Waals surface area contributed by atoms with Crippen molar-refractivity contribution in [3.63, 3.8) is 0 Å². The zero-order valence-corrected chi connectivity index (χ0v) is 54.9. The van der Waals surface area contributed by atoms with Crippen molar-refractivity contribution in [3.05, 3.63) is 76.3 Å². The molecule has 9 amide bonds. The lowest BCUT2D eigenvalue weighted by Gasteiger charge is -2.42. The number of unbranched alkanes of at least 4 members (excludes halogenated alkanes) is 2. The number of carbonyl (C=O) groups excluding carboxylic acids is 9. The second-order valence-corrected chi connectivity index (χ2v) is 24.4. The molecule has 0 unspecified atom stereocenters. The van der Waals surface area contributed by atoms with E-state index < -0.39 is 108 Å². The van der Waals surface area contributed by atoms with Gasteiger partial charge in [0.15, 0.2) is 5.72 Å². The van der Waals surface area contributed by atoms with Crippen molar-refractivity contribution < 1.29 is 71.9 Å². The molecule has 4 bridgehead atoms. The summed E-state index contributed by atoms with van der Waals surface area (Å²) < 4.78 is 29.6. The lowest BCUT2D eigenvalue weighted by Crippen LogP contribution is -2.63. The molecule has 10 atom stereocenters. The predicted molar refractivity (Wildman–Crippen MR) is 333 cm³/mol. The van der Waals surface area contributed by atoms with Crippen LogP contribution in [0.4, 0.5) is 21.0 Å². The summed E-state index contributed by atoms with van der Waals surface area (Å²) in [5.74, 6) is -4.58. The molecule has 0 saturated carbocycles.